The van der Waals surface area contributed by atoms with Crippen molar-refractivity contribution in [2.75, 3.05) is 25.4 Å². The van der Waals surface area contributed by atoms with Crippen LogP contribution in [0.15, 0.2) is 59.8 Å². The van der Waals surface area contributed by atoms with Gasteiger partial charge >= 0.3 is 0 Å². The van der Waals surface area contributed by atoms with Crippen LogP contribution in [0.2, 0.25) is 5.02 Å². The topological polar surface area (TPSA) is 71.3 Å². The van der Waals surface area contributed by atoms with Gasteiger partial charge in [0.05, 0.1) is 5.02 Å². The van der Waals surface area contributed by atoms with Crippen LogP contribution < -0.4 is 0 Å². The van der Waals surface area contributed by atoms with Crippen LogP contribution in [0.3, 0.4) is 0 Å². The van der Waals surface area contributed by atoms with Gasteiger partial charge in [0.2, 0.25) is 11.8 Å². The van der Waals surface area contributed by atoms with E-state index in [1.54, 1.807) is 11.8 Å². The van der Waals surface area contributed by atoms with Gasteiger partial charge in [-0.05, 0) is 44.0 Å². The second-order valence-corrected chi connectivity index (χ2v) is 12.2. The van der Waals surface area contributed by atoms with Crippen LogP contribution in [0, 0.1) is 0 Å². The Morgan fingerprint density at radius 3 is 2.34 bits per heavy atom. The highest BCUT2D eigenvalue weighted by Crippen LogP contribution is 2.32. The van der Waals surface area contributed by atoms with E-state index in [9.17, 15) is 9.59 Å². The number of nitrogens with zero attached hydrogens (tertiary/aromatic N) is 5. The molecule has 2 aromatic carbocycles. The number of carbonyl (C=O) groups is 2. The Balaban J connectivity index is 1.26. The molecule has 0 bridgehead atoms. The minimum atomic E-state index is 0.0577. The molecule has 7 nitrogen and oxygen atoms in total. The van der Waals surface area contributed by atoms with Gasteiger partial charge in [0.15, 0.2) is 11.0 Å². The highest BCUT2D eigenvalue weighted by molar-refractivity contribution is 7.99. The third kappa shape index (κ3) is 8.58. The van der Waals surface area contributed by atoms with Crippen LogP contribution in [0.25, 0.3) is 17.1 Å². The summed E-state index contributed by atoms with van der Waals surface area (Å²) in [4.78, 5) is 29.7. The molecule has 1 aromatic heterocycles. The summed E-state index contributed by atoms with van der Waals surface area (Å²) in [5.74, 6) is 1.82. The Labute approximate surface area is 253 Å². The van der Waals surface area contributed by atoms with Crippen molar-refractivity contribution in [1.29, 1.82) is 0 Å². The molecule has 0 spiro atoms. The molecule has 220 valence electrons. The number of hydrogen-bond acceptors (Lipinski definition) is 5. The molecule has 3 aromatic rings. The summed E-state index contributed by atoms with van der Waals surface area (Å²) in [6.45, 7) is 6.12. The summed E-state index contributed by atoms with van der Waals surface area (Å²) in [5, 5.41) is 10.3. The third-order valence-electron chi connectivity index (χ3n) is 7.57. The molecule has 0 radical (unpaired) electrons. The molecule has 2 heterocycles. The Morgan fingerprint density at radius 1 is 0.878 bits per heavy atom. The summed E-state index contributed by atoms with van der Waals surface area (Å²) in [6.07, 6.45) is 8.90. The van der Waals surface area contributed by atoms with Gasteiger partial charge in [-0.1, -0.05) is 92.7 Å². The van der Waals surface area contributed by atoms with Crippen molar-refractivity contribution in [1.82, 2.24) is 24.6 Å². The number of carbonyl (C=O) groups excluding carboxylic acids is 2. The summed E-state index contributed by atoms with van der Waals surface area (Å²) in [5.41, 5.74) is 1.79. The highest BCUT2D eigenvalue weighted by atomic mass is 35.5. The quantitative estimate of drug-likeness (QED) is 0.145. The fourth-order valence-electron chi connectivity index (χ4n) is 5.29. The maximum atomic E-state index is 13.0. The Bertz CT molecular complexity index is 1270. The molecule has 1 atom stereocenters. The lowest BCUT2D eigenvalue weighted by Crippen LogP contribution is -2.55. The van der Waals surface area contributed by atoms with Crippen molar-refractivity contribution >= 4 is 35.2 Å². The van der Waals surface area contributed by atoms with E-state index in [1.807, 2.05) is 69.0 Å². The highest BCUT2D eigenvalue weighted by Gasteiger charge is 2.29. The third-order valence-corrected chi connectivity index (χ3v) is 8.92. The van der Waals surface area contributed by atoms with Gasteiger partial charge in [0.25, 0.3) is 0 Å². The lowest BCUT2D eigenvalue weighted by Gasteiger charge is -2.40. The monoisotopic (exact) mass is 595 g/mol. The Morgan fingerprint density at radius 2 is 1.59 bits per heavy atom. The maximum Gasteiger partial charge on any atom is 0.222 e. The van der Waals surface area contributed by atoms with E-state index >= 15 is 0 Å². The molecule has 1 aliphatic rings. The van der Waals surface area contributed by atoms with Crippen molar-refractivity contribution in [3.05, 3.63) is 59.6 Å². The van der Waals surface area contributed by atoms with Crippen LogP contribution in [-0.4, -0.2) is 67.8 Å². The van der Waals surface area contributed by atoms with Crippen LogP contribution >= 0.6 is 23.4 Å². The number of unbranched alkanes of at least 4 members (excludes halogenated alkanes) is 5. The molecular weight excluding hydrogens is 554 g/mol. The first-order valence-corrected chi connectivity index (χ1v) is 16.3. The summed E-state index contributed by atoms with van der Waals surface area (Å²) >= 11 is 8.08. The van der Waals surface area contributed by atoms with Gasteiger partial charge in [-0.3, -0.25) is 14.2 Å². The predicted molar refractivity (Wildman–Crippen MR) is 168 cm³/mol. The van der Waals surface area contributed by atoms with E-state index in [0.29, 0.717) is 43.3 Å². The number of halogens is 1. The molecule has 2 amide bonds. The zero-order valence-electron chi connectivity index (χ0n) is 24.3. The molecule has 0 saturated carbocycles. The standard InChI is InChI=1S/C32H42ClN5O2S/c1-3-4-5-6-7-11-19-30(40)37-22-21-36(24-25(37)2)29(39)20-14-23-41-32-35-34-31(27-17-12-13-18-28(27)33)38(32)26-15-9-8-10-16-26/h8-10,12-13,15-18,25H,3-7,11,14,19-24H2,1-2H3. The van der Waals surface area contributed by atoms with Gasteiger partial charge in [-0.2, -0.15) is 0 Å². The number of aromatic nitrogens is 3. The fraction of sp³-hybridized carbons (Fsp3) is 0.500. The van der Waals surface area contributed by atoms with Crippen molar-refractivity contribution in [3.8, 4) is 17.1 Å². The zero-order valence-corrected chi connectivity index (χ0v) is 25.9. The van der Waals surface area contributed by atoms with Crippen molar-refractivity contribution < 1.29 is 9.59 Å². The smallest absolute Gasteiger partial charge is 0.222 e. The van der Waals surface area contributed by atoms with Gasteiger partial charge in [0, 0.05) is 55.5 Å². The van der Waals surface area contributed by atoms with Crippen molar-refractivity contribution in [2.24, 2.45) is 0 Å². The largest absolute Gasteiger partial charge is 0.339 e. The van der Waals surface area contributed by atoms with E-state index in [1.165, 1.54) is 25.7 Å². The molecule has 9 heteroatoms. The first-order valence-electron chi connectivity index (χ1n) is 15.0. The number of amides is 2. The molecule has 4 rings (SSSR count). The molecule has 0 N–H and O–H groups in total. The van der Waals surface area contributed by atoms with Gasteiger partial charge < -0.3 is 9.80 Å². The van der Waals surface area contributed by atoms with E-state index in [-0.39, 0.29) is 17.9 Å². The van der Waals surface area contributed by atoms with E-state index in [4.69, 9.17) is 11.6 Å². The number of para-hydroxylation sites is 1. The molecular formula is C32H42ClN5O2S. The molecule has 1 saturated heterocycles. The van der Waals surface area contributed by atoms with Crippen molar-refractivity contribution in [2.45, 2.75) is 82.8 Å². The van der Waals surface area contributed by atoms with Gasteiger partial charge in [0.1, 0.15) is 0 Å². The number of hydrogen-bond donors (Lipinski definition) is 0. The molecule has 1 fully saturated rings. The minimum absolute atomic E-state index is 0.0577. The van der Waals surface area contributed by atoms with Gasteiger partial charge in [-0.15, -0.1) is 10.2 Å². The van der Waals surface area contributed by atoms with Crippen LogP contribution in [0.1, 0.15) is 71.6 Å². The number of piperazine rings is 1. The first kappa shape index (κ1) is 31.1. The molecule has 1 aliphatic heterocycles. The SMILES string of the molecule is CCCCCCCCC(=O)N1CCN(C(=O)CCCSc2nnc(-c3ccccc3Cl)n2-c2ccccc2)CC1C. The molecule has 41 heavy (non-hydrogen) atoms. The van der Waals surface area contributed by atoms with Crippen LogP contribution in [0.5, 0.6) is 0 Å². The number of thioether (sulfide) groups is 1. The second kappa shape index (κ2) is 16.0. The lowest BCUT2D eigenvalue weighted by molar-refractivity contribution is -0.142. The van der Waals surface area contributed by atoms with E-state index < -0.39 is 0 Å². The minimum Gasteiger partial charge on any atom is -0.339 e. The zero-order chi connectivity index (χ0) is 29.0. The van der Waals surface area contributed by atoms with Crippen LogP contribution in [-0.2, 0) is 9.59 Å². The first-order chi connectivity index (χ1) is 20.0. The van der Waals surface area contributed by atoms with Crippen molar-refractivity contribution in [3.63, 3.8) is 0 Å². The Kier molecular flexibility index (Phi) is 12.1. The average Bonchev–Trinajstić information content (AvgIpc) is 3.41. The number of rotatable bonds is 14. The average molecular weight is 596 g/mol. The Hall–Kier alpha value is -2.84. The normalized spacial score (nSPS) is 15.3. The predicted octanol–water partition coefficient (Wildman–Crippen LogP) is 7.27. The van der Waals surface area contributed by atoms with Crippen LogP contribution in [0.4, 0.5) is 0 Å². The second-order valence-electron chi connectivity index (χ2n) is 10.7. The van der Waals surface area contributed by atoms with E-state index in [0.717, 1.165) is 41.4 Å². The molecule has 0 aliphatic carbocycles. The number of benzene rings is 2. The summed E-state index contributed by atoms with van der Waals surface area (Å²) in [7, 11) is 0. The molecule has 1 unspecified atom stereocenters. The lowest BCUT2D eigenvalue weighted by atomic mass is 10.1. The fourth-order valence-corrected chi connectivity index (χ4v) is 6.40. The maximum absolute atomic E-state index is 13.0. The van der Waals surface area contributed by atoms with E-state index in [2.05, 4.69) is 24.0 Å². The summed E-state index contributed by atoms with van der Waals surface area (Å²) in [6, 6.07) is 17.7. The summed E-state index contributed by atoms with van der Waals surface area (Å²) < 4.78 is 2.02. The van der Waals surface area contributed by atoms with Gasteiger partial charge in [-0.25, -0.2) is 0 Å².